The highest BCUT2D eigenvalue weighted by molar-refractivity contribution is 7.89. The van der Waals surface area contributed by atoms with Crippen LogP contribution in [0.1, 0.15) is 32.1 Å². The summed E-state index contributed by atoms with van der Waals surface area (Å²) in [5.74, 6) is 0.106. The molecule has 2 saturated heterocycles. The number of likely N-dealkylation sites (tertiary alicyclic amines) is 1. The smallest absolute Gasteiger partial charge is 0.240 e. The molecular weight excluding hydrogens is 326 g/mol. The van der Waals surface area contributed by atoms with Crippen LogP contribution in [0.5, 0.6) is 0 Å². The first-order valence-electron chi connectivity index (χ1n) is 8.70. The van der Waals surface area contributed by atoms with Gasteiger partial charge in [0.1, 0.15) is 0 Å². The van der Waals surface area contributed by atoms with E-state index < -0.39 is 10.0 Å². The van der Waals surface area contributed by atoms with Crippen LogP contribution >= 0.6 is 0 Å². The van der Waals surface area contributed by atoms with E-state index in [1.807, 2.05) is 0 Å². The lowest BCUT2D eigenvalue weighted by molar-refractivity contribution is -0.117. The largest absolute Gasteiger partial charge is 0.312 e. The quantitative estimate of drug-likeness (QED) is 0.871. The highest BCUT2D eigenvalue weighted by Crippen LogP contribution is 2.30. The minimum absolute atomic E-state index is 0.00423. The van der Waals surface area contributed by atoms with Crippen LogP contribution in [0.3, 0.4) is 0 Å². The third-order valence-electron chi connectivity index (χ3n) is 5.14. The number of hydrogen-bond donors (Lipinski definition) is 1. The molecule has 2 heterocycles. The summed E-state index contributed by atoms with van der Waals surface area (Å²) in [6.45, 7) is 2.50. The number of nitrogens with zero attached hydrogens (tertiary/aromatic N) is 2. The molecular formula is C17H23N3O3S. The van der Waals surface area contributed by atoms with E-state index in [0.717, 1.165) is 31.6 Å². The summed E-state index contributed by atoms with van der Waals surface area (Å²) in [5.41, 5.74) is 0.775. The van der Waals surface area contributed by atoms with Crippen molar-refractivity contribution < 1.29 is 13.2 Å². The maximum Gasteiger partial charge on any atom is 0.240 e. The molecule has 0 radical (unpaired) electrons. The molecule has 0 spiro atoms. The van der Waals surface area contributed by atoms with E-state index >= 15 is 0 Å². The molecule has 1 atom stereocenters. The van der Waals surface area contributed by atoms with Gasteiger partial charge in [-0.15, -0.1) is 0 Å². The molecule has 0 aromatic heterocycles. The first-order valence-corrected chi connectivity index (χ1v) is 10.2. The van der Waals surface area contributed by atoms with E-state index in [4.69, 9.17) is 0 Å². The van der Waals surface area contributed by atoms with Gasteiger partial charge < -0.3 is 4.90 Å². The van der Waals surface area contributed by atoms with Crippen LogP contribution in [-0.4, -0.2) is 50.9 Å². The third-order valence-corrected chi connectivity index (χ3v) is 6.67. The average Bonchev–Trinajstić information content (AvgIpc) is 3.17. The molecule has 1 unspecified atom stereocenters. The van der Waals surface area contributed by atoms with Crippen molar-refractivity contribution in [3.8, 4) is 0 Å². The van der Waals surface area contributed by atoms with Crippen molar-refractivity contribution in [2.24, 2.45) is 0 Å². The van der Waals surface area contributed by atoms with Gasteiger partial charge in [-0.1, -0.05) is 0 Å². The van der Waals surface area contributed by atoms with Crippen LogP contribution in [0.2, 0.25) is 0 Å². The summed E-state index contributed by atoms with van der Waals surface area (Å²) in [4.78, 5) is 16.1. The second-order valence-electron chi connectivity index (χ2n) is 6.98. The Morgan fingerprint density at radius 3 is 2.42 bits per heavy atom. The molecule has 0 bridgehead atoms. The molecule has 7 heteroatoms. The van der Waals surface area contributed by atoms with Crippen molar-refractivity contribution >= 4 is 21.6 Å². The highest BCUT2D eigenvalue weighted by atomic mass is 32.2. The van der Waals surface area contributed by atoms with Gasteiger partial charge in [-0.05, 0) is 49.9 Å². The zero-order valence-electron chi connectivity index (χ0n) is 13.6. The molecule has 6 nitrogen and oxygen atoms in total. The Bertz CT molecular complexity index is 728. The van der Waals surface area contributed by atoms with E-state index in [9.17, 15) is 13.2 Å². The number of rotatable bonds is 5. The van der Waals surface area contributed by atoms with Crippen LogP contribution < -0.4 is 9.62 Å². The summed E-state index contributed by atoms with van der Waals surface area (Å²) >= 11 is 0. The molecule has 1 N–H and O–H groups in total. The van der Waals surface area contributed by atoms with Gasteiger partial charge in [-0.25, -0.2) is 13.1 Å². The van der Waals surface area contributed by atoms with E-state index in [-0.39, 0.29) is 16.8 Å². The second kappa shape index (κ2) is 6.13. The molecule has 3 fully saturated rings. The lowest BCUT2D eigenvalue weighted by Crippen LogP contribution is -2.37. The number of carbonyl (C=O) groups excluding carboxylic acids is 1. The van der Waals surface area contributed by atoms with Gasteiger partial charge in [0.05, 0.1) is 4.90 Å². The van der Waals surface area contributed by atoms with Crippen LogP contribution in [0.15, 0.2) is 29.2 Å². The zero-order valence-corrected chi connectivity index (χ0v) is 14.5. The molecule has 130 valence electrons. The van der Waals surface area contributed by atoms with Crippen LogP contribution in [0.25, 0.3) is 0 Å². The Labute approximate surface area is 142 Å². The molecule has 3 aliphatic rings. The monoisotopic (exact) mass is 349 g/mol. The maximum atomic E-state index is 12.6. The maximum absolute atomic E-state index is 12.6. The van der Waals surface area contributed by atoms with E-state index in [1.165, 1.54) is 12.8 Å². The molecule has 1 aromatic rings. The summed E-state index contributed by atoms with van der Waals surface area (Å²) in [5, 5.41) is 0. The molecule has 1 saturated carbocycles. The minimum Gasteiger partial charge on any atom is -0.312 e. The summed E-state index contributed by atoms with van der Waals surface area (Å²) in [6.07, 6.45) is 4.79. The normalized spacial score (nSPS) is 25.6. The molecule has 1 aliphatic carbocycles. The first kappa shape index (κ1) is 16.1. The van der Waals surface area contributed by atoms with Crippen molar-refractivity contribution in [3.05, 3.63) is 24.3 Å². The van der Waals surface area contributed by atoms with Gasteiger partial charge in [0, 0.05) is 43.8 Å². The number of benzene rings is 1. The van der Waals surface area contributed by atoms with Crippen molar-refractivity contribution in [2.45, 2.75) is 49.1 Å². The third kappa shape index (κ3) is 3.20. The summed E-state index contributed by atoms with van der Waals surface area (Å²) in [7, 11) is -3.51. The predicted molar refractivity (Wildman–Crippen MR) is 91.4 cm³/mol. The number of anilines is 1. The molecule has 1 amide bonds. The molecule has 1 aromatic carbocycles. The number of carbonyl (C=O) groups is 1. The first-order chi connectivity index (χ1) is 11.5. The van der Waals surface area contributed by atoms with E-state index in [2.05, 4.69) is 9.62 Å². The Morgan fingerprint density at radius 2 is 1.79 bits per heavy atom. The van der Waals surface area contributed by atoms with Crippen LogP contribution in [0, 0.1) is 0 Å². The van der Waals surface area contributed by atoms with Gasteiger partial charge in [0.15, 0.2) is 0 Å². The van der Waals surface area contributed by atoms with Gasteiger partial charge >= 0.3 is 0 Å². The number of amides is 1. The number of nitrogens with one attached hydrogen (secondary N) is 1. The van der Waals surface area contributed by atoms with Crippen LogP contribution in [-0.2, 0) is 14.8 Å². The van der Waals surface area contributed by atoms with Crippen molar-refractivity contribution in [2.75, 3.05) is 24.5 Å². The topological polar surface area (TPSA) is 69.7 Å². The van der Waals surface area contributed by atoms with Gasteiger partial charge in [0.2, 0.25) is 15.9 Å². The van der Waals surface area contributed by atoms with Crippen molar-refractivity contribution in [3.63, 3.8) is 0 Å². The average molecular weight is 349 g/mol. The van der Waals surface area contributed by atoms with Crippen molar-refractivity contribution in [1.82, 2.24) is 9.62 Å². The van der Waals surface area contributed by atoms with Crippen LogP contribution in [0.4, 0.5) is 5.69 Å². The Kier molecular flexibility index (Phi) is 4.10. The van der Waals surface area contributed by atoms with Crippen molar-refractivity contribution in [1.29, 1.82) is 0 Å². The predicted octanol–water partition coefficient (Wildman–Crippen LogP) is 1.33. The minimum atomic E-state index is -3.51. The fourth-order valence-corrected chi connectivity index (χ4v) is 4.93. The van der Waals surface area contributed by atoms with Gasteiger partial charge in [-0.3, -0.25) is 9.69 Å². The molecule has 24 heavy (non-hydrogen) atoms. The lowest BCUT2D eigenvalue weighted by atomic mass is 10.3. The Morgan fingerprint density at radius 1 is 1.04 bits per heavy atom. The van der Waals surface area contributed by atoms with E-state index in [0.29, 0.717) is 19.0 Å². The SMILES string of the molecule is O=C1CCCN1c1ccc(S(=O)(=O)NC2CCN(C3CC3)C2)cc1. The highest BCUT2D eigenvalue weighted by Gasteiger charge is 2.35. The van der Waals surface area contributed by atoms with Gasteiger partial charge in [-0.2, -0.15) is 0 Å². The number of hydrogen-bond acceptors (Lipinski definition) is 4. The Balaban J connectivity index is 1.43. The standard InChI is InChI=1S/C17H23N3O3S/c21-17-2-1-10-20(17)15-5-7-16(8-6-15)24(22,23)18-13-9-11-19(12-13)14-3-4-14/h5-8,13-14,18H,1-4,9-12H2. The van der Waals surface area contributed by atoms with E-state index in [1.54, 1.807) is 29.2 Å². The van der Waals surface area contributed by atoms with Gasteiger partial charge in [0.25, 0.3) is 0 Å². The fraction of sp³-hybridized carbons (Fsp3) is 0.588. The summed E-state index contributed by atoms with van der Waals surface area (Å²) in [6, 6.07) is 7.31. The Hall–Kier alpha value is -1.44. The molecule has 2 aliphatic heterocycles. The fourth-order valence-electron chi connectivity index (χ4n) is 3.67. The second-order valence-corrected chi connectivity index (χ2v) is 8.69. The summed E-state index contributed by atoms with van der Waals surface area (Å²) < 4.78 is 28.0. The lowest BCUT2D eigenvalue weighted by Gasteiger charge is -2.17. The number of sulfonamides is 1. The zero-order chi connectivity index (χ0) is 16.7. The molecule has 4 rings (SSSR count).